The topological polar surface area (TPSA) is 41.9 Å². The van der Waals surface area contributed by atoms with E-state index in [0.717, 1.165) is 52.0 Å². The Balaban J connectivity index is 1.92. The Kier molecular flexibility index (Phi) is 5.42. The van der Waals surface area contributed by atoms with Crippen molar-refractivity contribution in [3.63, 3.8) is 0 Å². The van der Waals surface area contributed by atoms with Crippen LogP contribution in [0.3, 0.4) is 0 Å². The van der Waals surface area contributed by atoms with Gasteiger partial charge in [-0.1, -0.05) is 0 Å². The van der Waals surface area contributed by atoms with E-state index in [4.69, 9.17) is 9.47 Å². The number of rotatable bonds is 5. The van der Waals surface area contributed by atoms with Crippen molar-refractivity contribution in [2.24, 2.45) is 5.41 Å². The van der Waals surface area contributed by atoms with E-state index in [0.29, 0.717) is 6.04 Å². The second-order valence-corrected chi connectivity index (χ2v) is 5.82. The molecular weight excluding hydrogens is 230 g/mol. The number of piperidine rings is 1. The zero-order valence-electron chi connectivity index (χ0n) is 11.6. The van der Waals surface area contributed by atoms with Crippen LogP contribution in [0.25, 0.3) is 0 Å². The van der Waals surface area contributed by atoms with E-state index < -0.39 is 0 Å². The molecule has 0 radical (unpaired) electrons. The van der Waals surface area contributed by atoms with Gasteiger partial charge in [0, 0.05) is 44.9 Å². The first kappa shape index (κ1) is 14.3. The van der Waals surface area contributed by atoms with Gasteiger partial charge in [-0.2, -0.15) is 0 Å². The molecule has 1 atom stereocenters. The molecule has 2 heterocycles. The zero-order chi connectivity index (χ0) is 12.8. The number of aliphatic hydroxyl groups is 1. The van der Waals surface area contributed by atoms with Gasteiger partial charge in [0.15, 0.2) is 0 Å². The standard InChI is InChI=1S/C14H27NO3/c1-17-10-6-14(12-16)5-2-7-15(11-14)13-3-8-18-9-4-13/h13,16H,2-12H2,1H3/t14-/m0/s1. The minimum absolute atomic E-state index is 0.0621. The maximum Gasteiger partial charge on any atom is 0.0500 e. The maximum atomic E-state index is 9.78. The lowest BCUT2D eigenvalue weighted by Crippen LogP contribution is -2.51. The molecule has 2 fully saturated rings. The van der Waals surface area contributed by atoms with Crippen LogP contribution in [-0.4, -0.2) is 62.7 Å². The minimum Gasteiger partial charge on any atom is -0.396 e. The monoisotopic (exact) mass is 257 g/mol. The van der Waals surface area contributed by atoms with Gasteiger partial charge in [0.2, 0.25) is 0 Å². The first-order chi connectivity index (χ1) is 8.79. The molecule has 2 rings (SSSR count). The summed E-state index contributed by atoms with van der Waals surface area (Å²) in [6.45, 7) is 5.03. The summed E-state index contributed by atoms with van der Waals surface area (Å²) in [5.41, 5.74) is 0.0621. The summed E-state index contributed by atoms with van der Waals surface area (Å²) in [5, 5.41) is 9.78. The molecule has 0 amide bonds. The Bertz CT molecular complexity index is 243. The molecule has 0 aromatic heterocycles. The molecular formula is C14H27NO3. The Morgan fingerprint density at radius 1 is 1.39 bits per heavy atom. The van der Waals surface area contributed by atoms with E-state index in [-0.39, 0.29) is 12.0 Å². The van der Waals surface area contributed by atoms with Crippen LogP contribution in [0.5, 0.6) is 0 Å². The van der Waals surface area contributed by atoms with Crippen molar-refractivity contribution in [3.05, 3.63) is 0 Å². The van der Waals surface area contributed by atoms with Crippen LogP contribution in [0.15, 0.2) is 0 Å². The van der Waals surface area contributed by atoms with Gasteiger partial charge in [-0.25, -0.2) is 0 Å². The average molecular weight is 257 g/mol. The van der Waals surface area contributed by atoms with Crippen molar-refractivity contribution in [1.29, 1.82) is 0 Å². The summed E-state index contributed by atoms with van der Waals surface area (Å²) < 4.78 is 10.6. The lowest BCUT2D eigenvalue weighted by atomic mass is 9.77. The van der Waals surface area contributed by atoms with Crippen molar-refractivity contribution in [2.75, 3.05) is 46.6 Å². The molecule has 4 nitrogen and oxygen atoms in total. The third-order valence-electron chi connectivity index (χ3n) is 4.57. The van der Waals surface area contributed by atoms with Crippen LogP contribution in [0.1, 0.15) is 32.1 Å². The highest BCUT2D eigenvalue weighted by molar-refractivity contribution is 4.89. The van der Waals surface area contributed by atoms with Crippen LogP contribution < -0.4 is 0 Å². The summed E-state index contributed by atoms with van der Waals surface area (Å²) in [4.78, 5) is 2.58. The molecule has 2 saturated heterocycles. The Hall–Kier alpha value is -0.160. The van der Waals surface area contributed by atoms with Crippen LogP contribution in [0, 0.1) is 5.41 Å². The van der Waals surface area contributed by atoms with Gasteiger partial charge in [0.25, 0.3) is 0 Å². The van der Waals surface area contributed by atoms with Crippen molar-refractivity contribution in [2.45, 2.75) is 38.1 Å². The summed E-state index contributed by atoms with van der Waals surface area (Å²) in [6.07, 6.45) is 5.59. The third kappa shape index (κ3) is 3.44. The predicted octanol–water partition coefficient (Wildman–Crippen LogP) is 1.28. The van der Waals surface area contributed by atoms with E-state index in [1.807, 2.05) is 0 Å². The molecule has 0 aliphatic carbocycles. The van der Waals surface area contributed by atoms with Crippen LogP contribution in [0.2, 0.25) is 0 Å². The second kappa shape index (κ2) is 6.85. The molecule has 0 spiro atoms. The molecule has 106 valence electrons. The van der Waals surface area contributed by atoms with Gasteiger partial charge < -0.3 is 14.6 Å². The molecule has 0 saturated carbocycles. The normalized spacial score (nSPS) is 31.7. The highest BCUT2D eigenvalue weighted by Gasteiger charge is 2.37. The fourth-order valence-electron chi connectivity index (χ4n) is 3.34. The Labute approximate surface area is 110 Å². The summed E-state index contributed by atoms with van der Waals surface area (Å²) in [7, 11) is 1.74. The van der Waals surface area contributed by atoms with Crippen molar-refractivity contribution in [3.8, 4) is 0 Å². The van der Waals surface area contributed by atoms with E-state index in [2.05, 4.69) is 4.90 Å². The molecule has 0 aromatic rings. The number of ether oxygens (including phenoxy) is 2. The highest BCUT2D eigenvalue weighted by atomic mass is 16.5. The van der Waals surface area contributed by atoms with Crippen molar-refractivity contribution >= 4 is 0 Å². The predicted molar refractivity (Wildman–Crippen MR) is 70.7 cm³/mol. The molecule has 1 N–H and O–H groups in total. The van der Waals surface area contributed by atoms with Gasteiger partial charge in [-0.3, -0.25) is 4.90 Å². The highest BCUT2D eigenvalue weighted by Crippen LogP contribution is 2.35. The van der Waals surface area contributed by atoms with E-state index in [9.17, 15) is 5.11 Å². The van der Waals surface area contributed by atoms with Crippen LogP contribution >= 0.6 is 0 Å². The van der Waals surface area contributed by atoms with E-state index in [1.165, 1.54) is 13.0 Å². The lowest BCUT2D eigenvalue weighted by molar-refractivity contribution is -0.0339. The molecule has 2 aliphatic rings. The van der Waals surface area contributed by atoms with E-state index >= 15 is 0 Å². The molecule has 2 aliphatic heterocycles. The largest absolute Gasteiger partial charge is 0.396 e. The molecule has 4 heteroatoms. The number of hydrogen-bond donors (Lipinski definition) is 1. The van der Waals surface area contributed by atoms with Crippen molar-refractivity contribution in [1.82, 2.24) is 4.90 Å². The van der Waals surface area contributed by atoms with Gasteiger partial charge in [0.1, 0.15) is 0 Å². The fourth-order valence-corrected chi connectivity index (χ4v) is 3.34. The summed E-state index contributed by atoms with van der Waals surface area (Å²) in [5.74, 6) is 0. The van der Waals surface area contributed by atoms with Crippen LogP contribution in [0.4, 0.5) is 0 Å². The number of hydrogen-bond acceptors (Lipinski definition) is 4. The zero-order valence-corrected chi connectivity index (χ0v) is 11.6. The van der Waals surface area contributed by atoms with Gasteiger partial charge in [0.05, 0.1) is 6.61 Å². The van der Waals surface area contributed by atoms with Gasteiger partial charge in [-0.05, 0) is 38.6 Å². The summed E-state index contributed by atoms with van der Waals surface area (Å²) >= 11 is 0. The van der Waals surface area contributed by atoms with Gasteiger partial charge >= 0.3 is 0 Å². The fraction of sp³-hybridized carbons (Fsp3) is 1.00. The maximum absolute atomic E-state index is 9.78. The summed E-state index contributed by atoms with van der Waals surface area (Å²) in [6, 6.07) is 0.660. The first-order valence-corrected chi connectivity index (χ1v) is 7.21. The number of likely N-dealkylation sites (tertiary alicyclic amines) is 1. The number of nitrogens with zero attached hydrogens (tertiary/aromatic N) is 1. The minimum atomic E-state index is 0.0621. The average Bonchev–Trinajstić information content (AvgIpc) is 2.46. The molecule has 0 unspecified atom stereocenters. The van der Waals surface area contributed by atoms with Gasteiger partial charge in [-0.15, -0.1) is 0 Å². The quantitative estimate of drug-likeness (QED) is 0.805. The third-order valence-corrected chi connectivity index (χ3v) is 4.57. The molecule has 0 bridgehead atoms. The Morgan fingerprint density at radius 3 is 2.83 bits per heavy atom. The first-order valence-electron chi connectivity index (χ1n) is 7.21. The second-order valence-electron chi connectivity index (χ2n) is 5.82. The molecule has 18 heavy (non-hydrogen) atoms. The van der Waals surface area contributed by atoms with E-state index in [1.54, 1.807) is 7.11 Å². The number of aliphatic hydroxyl groups excluding tert-OH is 1. The molecule has 0 aromatic carbocycles. The number of methoxy groups -OCH3 is 1. The van der Waals surface area contributed by atoms with Crippen LogP contribution in [-0.2, 0) is 9.47 Å². The smallest absolute Gasteiger partial charge is 0.0500 e. The SMILES string of the molecule is COCC[C@@]1(CO)CCCN(C2CCOCC2)C1. The van der Waals surface area contributed by atoms with Crippen molar-refractivity contribution < 1.29 is 14.6 Å². The Morgan fingerprint density at radius 2 is 2.17 bits per heavy atom. The lowest BCUT2D eigenvalue weighted by Gasteiger charge is -2.46.